The molecule has 2 heteroatoms. The average molecular weight is 503 g/mol. The van der Waals surface area contributed by atoms with Crippen molar-refractivity contribution in [2.45, 2.75) is 121 Å². The van der Waals surface area contributed by atoms with Crippen molar-refractivity contribution in [2.24, 2.45) is 15.8 Å². The minimum absolute atomic E-state index is 0.0806. The van der Waals surface area contributed by atoms with Crippen molar-refractivity contribution < 1.29 is 0 Å². The van der Waals surface area contributed by atoms with Crippen molar-refractivity contribution in [3.63, 3.8) is 0 Å². The number of para-hydroxylation sites is 2. The van der Waals surface area contributed by atoms with Gasteiger partial charge in [0.15, 0.2) is 0 Å². The maximum absolute atomic E-state index is 5.48. The van der Waals surface area contributed by atoms with Crippen LogP contribution in [0.5, 0.6) is 0 Å². The molecule has 1 N–H and O–H groups in total. The summed E-state index contributed by atoms with van der Waals surface area (Å²) in [6, 6.07) is 13.4. The second kappa shape index (κ2) is 12.0. The van der Waals surface area contributed by atoms with Crippen LogP contribution in [0.2, 0.25) is 0 Å². The first-order valence-corrected chi connectivity index (χ1v) is 14.3. The number of rotatable bonds is 8. The Labute approximate surface area is 229 Å². The average Bonchev–Trinajstić information content (AvgIpc) is 2.75. The molecule has 0 aliphatic rings. The molecule has 37 heavy (non-hydrogen) atoms. The number of aliphatic imine (C=N–C) groups is 1. The summed E-state index contributed by atoms with van der Waals surface area (Å²) < 4.78 is 0. The fourth-order valence-electron chi connectivity index (χ4n) is 4.58. The summed E-state index contributed by atoms with van der Waals surface area (Å²) in [5, 5.41) is 3.96. The summed E-state index contributed by atoms with van der Waals surface area (Å²) in [4.78, 5) is 5.48. The lowest BCUT2D eigenvalue weighted by atomic mass is 9.83. The fraction of sp³-hybridized carbons (Fsp3) is 0.571. The molecule has 0 radical (unpaired) electrons. The zero-order valence-electron chi connectivity index (χ0n) is 26.3. The van der Waals surface area contributed by atoms with Gasteiger partial charge in [-0.2, -0.15) is 0 Å². The van der Waals surface area contributed by atoms with Crippen LogP contribution in [-0.2, 0) is 0 Å². The van der Waals surface area contributed by atoms with Crippen LogP contribution in [0, 0.1) is 10.8 Å². The normalized spacial score (nSPS) is 13.9. The summed E-state index contributed by atoms with van der Waals surface area (Å²) in [6.45, 7) is 31.9. The molecule has 2 nitrogen and oxygen atoms in total. The quantitative estimate of drug-likeness (QED) is 0.357. The van der Waals surface area contributed by atoms with Crippen LogP contribution < -0.4 is 5.32 Å². The third-order valence-electron chi connectivity index (χ3n) is 7.06. The highest BCUT2D eigenvalue weighted by Gasteiger charge is 2.26. The Hall–Kier alpha value is -2.35. The van der Waals surface area contributed by atoms with E-state index in [-0.39, 0.29) is 10.8 Å². The summed E-state index contributed by atoms with van der Waals surface area (Å²) in [7, 11) is 0. The Morgan fingerprint density at radius 1 is 0.622 bits per heavy atom. The third kappa shape index (κ3) is 7.82. The van der Waals surface area contributed by atoms with Gasteiger partial charge in [-0.3, -0.25) is 4.99 Å². The van der Waals surface area contributed by atoms with E-state index in [0.717, 1.165) is 11.4 Å². The highest BCUT2D eigenvalue weighted by Crippen LogP contribution is 2.39. The molecule has 0 heterocycles. The van der Waals surface area contributed by atoms with E-state index < -0.39 is 0 Å². The van der Waals surface area contributed by atoms with E-state index in [1.54, 1.807) is 0 Å². The molecule has 0 unspecified atom stereocenters. The second-order valence-corrected chi connectivity index (χ2v) is 13.9. The topological polar surface area (TPSA) is 24.4 Å². The van der Waals surface area contributed by atoms with Crippen LogP contribution in [0.25, 0.3) is 0 Å². The van der Waals surface area contributed by atoms with Crippen LogP contribution in [-0.4, -0.2) is 5.71 Å². The number of benzene rings is 2. The number of hydrogen-bond acceptors (Lipinski definition) is 2. The van der Waals surface area contributed by atoms with Crippen molar-refractivity contribution in [2.75, 3.05) is 5.32 Å². The van der Waals surface area contributed by atoms with Gasteiger partial charge < -0.3 is 5.32 Å². The second-order valence-electron chi connectivity index (χ2n) is 13.9. The molecule has 2 aromatic carbocycles. The van der Waals surface area contributed by atoms with E-state index in [4.69, 9.17) is 4.99 Å². The largest absolute Gasteiger partial charge is 0.358 e. The highest BCUT2D eigenvalue weighted by atomic mass is 14.9. The lowest BCUT2D eigenvalue weighted by Crippen LogP contribution is -2.25. The predicted octanol–water partition coefficient (Wildman–Crippen LogP) is 11.3. The van der Waals surface area contributed by atoms with Crippen molar-refractivity contribution in [3.8, 4) is 0 Å². The van der Waals surface area contributed by atoms with Gasteiger partial charge in [-0.15, -0.1) is 0 Å². The zero-order valence-corrected chi connectivity index (χ0v) is 26.3. The van der Waals surface area contributed by atoms with Crippen LogP contribution >= 0.6 is 0 Å². The third-order valence-corrected chi connectivity index (χ3v) is 7.06. The maximum Gasteiger partial charge on any atom is 0.0702 e. The summed E-state index contributed by atoms with van der Waals surface area (Å²) in [5.41, 5.74) is 9.87. The monoisotopic (exact) mass is 502 g/mol. The number of nitrogens with one attached hydrogen (secondary N) is 1. The Bertz CT molecular complexity index is 1060. The molecule has 0 atom stereocenters. The van der Waals surface area contributed by atoms with Crippen molar-refractivity contribution in [1.82, 2.24) is 0 Å². The summed E-state index contributed by atoms with van der Waals surface area (Å²) in [6.07, 6.45) is 2.34. The van der Waals surface area contributed by atoms with Gasteiger partial charge in [0.05, 0.1) is 5.69 Å². The van der Waals surface area contributed by atoms with Crippen molar-refractivity contribution in [3.05, 3.63) is 70.4 Å². The molecule has 0 saturated carbocycles. The van der Waals surface area contributed by atoms with E-state index in [2.05, 4.69) is 145 Å². The molecule has 0 fully saturated rings. The van der Waals surface area contributed by atoms with Crippen molar-refractivity contribution in [1.29, 1.82) is 0 Å². The summed E-state index contributed by atoms with van der Waals surface area (Å²) in [5.74, 6) is 1.69. The van der Waals surface area contributed by atoms with Crippen LogP contribution in [0.3, 0.4) is 0 Å². The summed E-state index contributed by atoms with van der Waals surface area (Å²) >= 11 is 0. The SMILES string of the molecule is CC(C)c1cccc(C(C)C)c1N=C(/C=C(\Nc1c(C(C)C)cccc1C(C)C)C(C)(C)C)C(C)(C)C. The van der Waals surface area contributed by atoms with Crippen molar-refractivity contribution >= 4 is 17.1 Å². The van der Waals surface area contributed by atoms with Crippen LogP contribution in [0.4, 0.5) is 11.4 Å². The molecule has 0 spiro atoms. The first-order chi connectivity index (χ1) is 16.9. The molecule has 0 aliphatic carbocycles. The molecule has 0 aliphatic heterocycles. The molecule has 2 aromatic rings. The zero-order chi connectivity index (χ0) is 28.3. The molecular weight excluding hydrogens is 448 g/mol. The Morgan fingerprint density at radius 3 is 1.32 bits per heavy atom. The molecule has 0 amide bonds. The van der Waals surface area contributed by atoms with E-state index >= 15 is 0 Å². The van der Waals surface area contributed by atoms with Gasteiger partial charge in [0.1, 0.15) is 0 Å². The van der Waals surface area contributed by atoms with Gasteiger partial charge in [0.2, 0.25) is 0 Å². The first-order valence-electron chi connectivity index (χ1n) is 14.3. The van der Waals surface area contributed by atoms with Gasteiger partial charge in [-0.05, 0) is 52.0 Å². The van der Waals surface area contributed by atoms with E-state index in [1.807, 2.05) is 0 Å². The van der Waals surface area contributed by atoms with Gasteiger partial charge in [0, 0.05) is 27.9 Å². The Balaban J connectivity index is 2.86. The van der Waals surface area contributed by atoms with E-state index in [1.165, 1.54) is 33.6 Å². The molecule has 0 saturated heterocycles. The van der Waals surface area contributed by atoms with Crippen LogP contribution in [0.15, 0.2) is 53.2 Å². The van der Waals surface area contributed by atoms with Gasteiger partial charge in [-0.25, -0.2) is 0 Å². The molecule has 204 valence electrons. The molecular formula is C35H54N2. The minimum atomic E-state index is -0.116. The van der Waals surface area contributed by atoms with Gasteiger partial charge >= 0.3 is 0 Å². The highest BCUT2D eigenvalue weighted by molar-refractivity contribution is 6.02. The first kappa shape index (κ1) is 30.9. The lowest BCUT2D eigenvalue weighted by Gasteiger charge is -2.31. The van der Waals surface area contributed by atoms with Gasteiger partial charge in [-0.1, -0.05) is 133 Å². The number of allylic oxidation sites excluding steroid dienone is 2. The Morgan fingerprint density at radius 2 is 1.00 bits per heavy atom. The van der Waals surface area contributed by atoms with E-state index in [9.17, 15) is 0 Å². The van der Waals surface area contributed by atoms with E-state index in [0.29, 0.717) is 23.7 Å². The van der Waals surface area contributed by atoms with Gasteiger partial charge in [0.25, 0.3) is 0 Å². The smallest absolute Gasteiger partial charge is 0.0702 e. The molecule has 2 rings (SSSR count). The standard InChI is InChI=1S/C35H54N2/c1-22(2)26-17-15-18-27(23(3)4)32(26)36-30(34(9,10)11)21-31(35(12,13)14)37-33-28(24(5)6)19-16-20-29(33)25(7)8/h15-25,36H,1-14H3/b30-21-,37-31?. The predicted molar refractivity (Wildman–Crippen MR) is 167 cm³/mol. The fourth-order valence-corrected chi connectivity index (χ4v) is 4.58. The molecule has 0 aromatic heterocycles. The number of nitrogens with zero attached hydrogens (tertiary/aromatic N) is 1. The Kier molecular flexibility index (Phi) is 10.0. The number of anilines is 1. The maximum atomic E-state index is 5.48. The lowest BCUT2D eigenvalue weighted by molar-refractivity contribution is 0.506. The minimum Gasteiger partial charge on any atom is -0.358 e. The number of hydrogen-bond donors (Lipinski definition) is 1. The van der Waals surface area contributed by atoms with Crippen LogP contribution in [0.1, 0.15) is 143 Å². The molecule has 0 bridgehead atoms.